The second kappa shape index (κ2) is 15.5. The minimum atomic E-state index is -5.02. The minimum absolute atomic E-state index is 0.0338. The monoisotopic (exact) mass is 665 g/mol. The highest BCUT2D eigenvalue weighted by Gasteiger charge is 2.47. The number of rotatable bonds is 11. The van der Waals surface area contributed by atoms with E-state index in [1.807, 2.05) is 85.9 Å². The lowest BCUT2D eigenvalue weighted by Gasteiger charge is -2.42. The number of carbonyl (C=O) groups is 2. The van der Waals surface area contributed by atoms with Crippen molar-refractivity contribution < 1.29 is 37.3 Å². The topological polar surface area (TPSA) is 91.3 Å². The van der Waals surface area contributed by atoms with E-state index in [2.05, 4.69) is 23.7 Å². The lowest BCUT2D eigenvalue weighted by molar-refractivity contribution is -0.275. The summed E-state index contributed by atoms with van der Waals surface area (Å²) in [5.41, 5.74) is 5.19. The highest BCUT2D eigenvalue weighted by atomic mass is 19.4. The number of amides is 2. The molecule has 0 radical (unpaired) electrons. The van der Waals surface area contributed by atoms with Gasteiger partial charge in [-0.3, -0.25) is 9.59 Å². The first kappa shape index (κ1) is 35.3. The molecule has 2 aliphatic heterocycles. The maximum Gasteiger partial charge on any atom is 0.471 e. The van der Waals surface area contributed by atoms with Crippen molar-refractivity contribution in [2.45, 2.75) is 63.6 Å². The van der Waals surface area contributed by atoms with Gasteiger partial charge in [0.15, 0.2) is 6.29 Å². The van der Waals surface area contributed by atoms with Crippen molar-refractivity contribution in [3.63, 3.8) is 0 Å². The van der Waals surface area contributed by atoms with Gasteiger partial charge in [0, 0.05) is 37.7 Å². The first-order valence-corrected chi connectivity index (χ1v) is 16.1. The maximum atomic E-state index is 13.0. The lowest BCUT2D eigenvalue weighted by atomic mass is 9.90. The van der Waals surface area contributed by atoms with E-state index in [-0.39, 0.29) is 44.2 Å². The number of halogens is 3. The summed E-state index contributed by atoms with van der Waals surface area (Å²) in [7, 11) is 2.02. The van der Waals surface area contributed by atoms with Gasteiger partial charge in [-0.15, -0.1) is 6.58 Å². The predicted molar refractivity (Wildman–Crippen MR) is 175 cm³/mol. The Labute approximate surface area is 279 Å². The second-order valence-corrected chi connectivity index (χ2v) is 12.5. The van der Waals surface area contributed by atoms with Gasteiger partial charge >= 0.3 is 12.1 Å². The van der Waals surface area contributed by atoms with E-state index in [0.717, 1.165) is 33.4 Å². The fourth-order valence-electron chi connectivity index (χ4n) is 6.41. The molecule has 0 bridgehead atoms. The van der Waals surface area contributed by atoms with E-state index < -0.39 is 30.3 Å². The number of ether oxygens (including phenoxy) is 2. The van der Waals surface area contributed by atoms with Crippen LogP contribution in [0.1, 0.15) is 54.4 Å². The number of likely N-dealkylation sites (tertiary alicyclic amines) is 1. The minimum Gasteiger partial charge on any atom is -0.392 e. The Hall–Kier alpha value is -4.03. The van der Waals surface area contributed by atoms with Crippen molar-refractivity contribution in [2.24, 2.45) is 5.92 Å². The zero-order valence-corrected chi connectivity index (χ0v) is 27.2. The molecule has 2 fully saturated rings. The van der Waals surface area contributed by atoms with Crippen molar-refractivity contribution in [3.05, 3.63) is 108 Å². The molecule has 2 N–H and O–H groups in total. The van der Waals surface area contributed by atoms with Gasteiger partial charge in [0.1, 0.15) is 6.04 Å². The molecule has 5 rings (SSSR count). The molecular weight excluding hydrogens is 623 g/mol. The van der Waals surface area contributed by atoms with Crippen molar-refractivity contribution in [3.8, 4) is 11.1 Å². The molecule has 0 aliphatic carbocycles. The molecule has 2 amide bonds. The van der Waals surface area contributed by atoms with Gasteiger partial charge in [0.05, 0.1) is 18.8 Å². The van der Waals surface area contributed by atoms with Gasteiger partial charge in [-0.2, -0.15) is 13.2 Å². The summed E-state index contributed by atoms with van der Waals surface area (Å²) >= 11 is 0. The Bertz CT molecular complexity index is 1580. The van der Waals surface area contributed by atoms with Gasteiger partial charge in [0.25, 0.3) is 0 Å². The van der Waals surface area contributed by atoms with E-state index in [9.17, 15) is 27.9 Å². The van der Waals surface area contributed by atoms with Crippen LogP contribution in [0.4, 0.5) is 13.2 Å². The lowest BCUT2D eigenvalue weighted by Crippen LogP contribution is -2.50. The second-order valence-electron chi connectivity index (χ2n) is 12.5. The molecule has 0 saturated carbocycles. The van der Waals surface area contributed by atoms with E-state index in [0.29, 0.717) is 24.4 Å². The number of hydrogen-bond acceptors (Lipinski definition) is 6. The van der Waals surface area contributed by atoms with E-state index >= 15 is 0 Å². The molecule has 11 heteroatoms. The van der Waals surface area contributed by atoms with Crippen LogP contribution in [0.15, 0.2) is 85.5 Å². The fourth-order valence-corrected chi connectivity index (χ4v) is 6.41. The average Bonchev–Trinajstić information content (AvgIpc) is 3.58. The zero-order valence-electron chi connectivity index (χ0n) is 27.2. The summed E-state index contributed by atoms with van der Waals surface area (Å²) in [4.78, 5) is 27.4. The number of benzene rings is 3. The molecule has 2 heterocycles. The van der Waals surface area contributed by atoms with Gasteiger partial charge < -0.3 is 29.7 Å². The fraction of sp³-hybridized carbons (Fsp3) is 0.405. The third kappa shape index (κ3) is 8.33. The van der Waals surface area contributed by atoms with Crippen LogP contribution in [-0.4, -0.2) is 71.7 Å². The third-order valence-corrected chi connectivity index (χ3v) is 9.00. The normalized spacial score (nSPS) is 22.9. The van der Waals surface area contributed by atoms with Gasteiger partial charge in [-0.1, -0.05) is 73.7 Å². The van der Waals surface area contributed by atoms with Crippen molar-refractivity contribution in [2.75, 3.05) is 26.7 Å². The molecule has 48 heavy (non-hydrogen) atoms. The first-order valence-electron chi connectivity index (χ1n) is 16.1. The van der Waals surface area contributed by atoms with Crippen LogP contribution < -0.4 is 5.32 Å². The van der Waals surface area contributed by atoms with Crippen LogP contribution in [0.5, 0.6) is 0 Å². The number of aliphatic hydroxyl groups is 1. The van der Waals surface area contributed by atoms with Gasteiger partial charge in [-0.25, -0.2) is 0 Å². The number of carbonyl (C=O) groups excluding carboxylic acids is 2. The van der Waals surface area contributed by atoms with Crippen molar-refractivity contribution in [1.82, 2.24) is 15.1 Å². The van der Waals surface area contributed by atoms with Crippen LogP contribution in [-0.2, 0) is 32.2 Å². The van der Waals surface area contributed by atoms with Gasteiger partial charge in [-0.05, 0) is 59.8 Å². The van der Waals surface area contributed by atoms with Crippen LogP contribution >= 0.6 is 0 Å². The molecule has 3 aromatic rings. The van der Waals surface area contributed by atoms with Crippen molar-refractivity contribution >= 4 is 11.8 Å². The Morgan fingerprint density at radius 1 is 1.02 bits per heavy atom. The molecule has 0 spiro atoms. The standard InChI is InChI=1S/C37H42F3N3O5/c1-4-17-42(3)22-32-24(2)33(27-15-13-25(23-44)14-16-27)48-35(47-32)30-11-6-10-29(20-30)28-9-5-8-26(19-28)21-41-34(45)31-12-7-18-43(31)36(46)37(38,39)40/h4-6,8-11,13-16,19-20,24,31-33,35,44H,1,7,12,17-18,21-23H2,2-3H3,(H,41,45)/t24-,31+,32+,33+,35+/m1/s1. The molecule has 5 atom stereocenters. The maximum absolute atomic E-state index is 13.0. The Balaban J connectivity index is 1.32. The number of hydrogen-bond donors (Lipinski definition) is 2. The molecule has 3 aromatic carbocycles. The predicted octanol–water partition coefficient (Wildman–Crippen LogP) is 5.92. The summed E-state index contributed by atoms with van der Waals surface area (Å²) in [5.74, 6) is -2.55. The summed E-state index contributed by atoms with van der Waals surface area (Å²) in [5, 5.41) is 12.2. The highest BCUT2D eigenvalue weighted by Crippen LogP contribution is 2.42. The van der Waals surface area contributed by atoms with Crippen LogP contribution in [0, 0.1) is 5.92 Å². The molecule has 8 nitrogen and oxygen atoms in total. The summed E-state index contributed by atoms with van der Waals surface area (Å²) < 4.78 is 52.3. The Morgan fingerprint density at radius 3 is 2.42 bits per heavy atom. The van der Waals surface area contributed by atoms with E-state index in [1.54, 1.807) is 0 Å². The number of aliphatic hydroxyl groups excluding tert-OH is 1. The number of nitrogens with one attached hydrogen (secondary N) is 1. The summed E-state index contributed by atoms with van der Waals surface area (Å²) in [6.07, 6.45) is -3.69. The molecule has 0 aromatic heterocycles. The zero-order chi connectivity index (χ0) is 34.4. The SMILES string of the molecule is C=CCN(C)C[C@@H]1O[C@H](c2cccc(-c3cccc(CNC(=O)[C@@H]4CCCN4C(=O)C(F)(F)F)c3)c2)O[C@H](c2ccc(CO)cc2)[C@@H]1C. The van der Waals surface area contributed by atoms with Crippen LogP contribution in [0.25, 0.3) is 11.1 Å². The molecule has 256 valence electrons. The van der Waals surface area contributed by atoms with Crippen LogP contribution in [0.3, 0.4) is 0 Å². The summed E-state index contributed by atoms with van der Waals surface area (Å²) in [6.45, 7) is 7.32. The summed E-state index contributed by atoms with van der Waals surface area (Å²) in [6, 6.07) is 22.0. The molecular formula is C37H42F3N3O5. The van der Waals surface area contributed by atoms with E-state index in [1.165, 1.54) is 0 Å². The van der Waals surface area contributed by atoms with Crippen molar-refractivity contribution in [1.29, 1.82) is 0 Å². The Morgan fingerprint density at radius 2 is 1.73 bits per heavy atom. The molecule has 2 aliphatic rings. The quantitative estimate of drug-likeness (QED) is 0.247. The molecule has 0 unspecified atom stereocenters. The first-order chi connectivity index (χ1) is 23.0. The number of likely N-dealkylation sites (N-methyl/N-ethyl adjacent to an activating group) is 1. The Kier molecular flexibility index (Phi) is 11.4. The smallest absolute Gasteiger partial charge is 0.392 e. The molecule has 2 saturated heterocycles. The van der Waals surface area contributed by atoms with E-state index in [4.69, 9.17) is 9.47 Å². The average molecular weight is 666 g/mol. The number of nitrogens with zero attached hydrogens (tertiary/aromatic N) is 2. The number of alkyl halides is 3. The van der Waals surface area contributed by atoms with Crippen LogP contribution in [0.2, 0.25) is 0 Å². The highest BCUT2D eigenvalue weighted by molar-refractivity contribution is 5.90. The van der Waals surface area contributed by atoms with Gasteiger partial charge in [0.2, 0.25) is 5.91 Å². The largest absolute Gasteiger partial charge is 0.471 e. The third-order valence-electron chi connectivity index (χ3n) is 9.00.